The second kappa shape index (κ2) is 6.58. The number of carbonyl (C=O) groups is 1. The summed E-state index contributed by atoms with van der Waals surface area (Å²) in [6, 6.07) is 2.10. The maximum atomic E-state index is 11.5. The molecule has 0 aliphatic heterocycles. The van der Waals surface area contributed by atoms with E-state index in [1.807, 2.05) is 23.8 Å². The van der Waals surface area contributed by atoms with Crippen LogP contribution in [0.4, 0.5) is 0 Å². The Morgan fingerprint density at radius 2 is 2.47 bits per heavy atom. The van der Waals surface area contributed by atoms with Crippen molar-refractivity contribution in [2.45, 2.75) is 32.2 Å². The summed E-state index contributed by atoms with van der Waals surface area (Å²) in [6.07, 6.45) is 2.01. The Balaban J connectivity index is 2.23. The van der Waals surface area contributed by atoms with Gasteiger partial charge in [-0.15, -0.1) is 0 Å². The SMILES string of the molecule is CC(CCCO)NC(=O)Cc1ccsc1. The van der Waals surface area contributed by atoms with Gasteiger partial charge in [-0.25, -0.2) is 0 Å². The van der Waals surface area contributed by atoms with Gasteiger partial charge in [0.15, 0.2) is 0 Å². The van der Waals surface area contributed by atoms with Gasteiger partial charge in [0.1, 0.15) is 0 Å². The van der Waals surface area contributed by atoms with Crippen molar-refractivity contribution in [3.05, 3.63) is 22.4 Å². The minimum absolute atomic E-state index is 0.0545. The smallest absolute Gasteiger partial charge is 0.224 e. The van der Waals surface area contributed by atoms with Crippen LogP contribution in [0.5, 0.6) is 0 Å². The van der Waals surface area contributed by atoms with Crippen LogP contribution in [-0.2, 0) is 11.2 Å². The molecule has 2 N–H and O–H groups in total. The lowest BCUT2D eigenvalue weighted by Crippen LogP contribution is -2.33. The lowest BCUT2D eigenvalue weighted by molar-refractivity contribution is -0.121. The number of hydrogen-bond donors (Lipinski definition) is 2. The van der Waals surface area contributed by atoms with Crippen molar-refractivity contribution < 1.29 is 9.90 Å². The van der Waals surface area contributed by atoms with Crippen LogP contribution in [0.15, 0.2) is 16.8 Å². The average Bonchev–Trinajstić information content (AvgIpc) is 2.67. The predicted molar refractivity (Wildman–Crippen MR) is 61.9 cm³/mol. The van der Waals surface area contributed by atoms with Crippen LogP contribution >= 0.6 is 11.3 Å². The Hall–Kier alpha value is -0.870. The lowest BCUT2D eigenvalue weighted by Gasteiger charge is -2.12. The zero-order chi connectivity index (χ0) is 11.1. The molecule has 0 fully saturated rings. The third kappa shape index (κ3) is 4.95. The fourth-order valence-electron chi connectivity index (χ4n) is 1.37. The number of nitrogens with one attached hydrogen (secondary N) is 1. The highest BCUT2D eigenvalue weighted by Gasteiger charge is 2.07. The van der Waals surface area contributed by atoms with Gasteiger partial charge in [-0.1, -0.05) is 0 Å². The molecule has 3 nitrogen and oxygen atoms in total. The van der Waals surface area contributed by atoms with Crippen LogP contribution in [0.2, 0.25) is 0 Å². The highest BCUT2D eigenvalue weighted by molar-refractivity contribution is 7.07. The van der Waals surface area contributed by atoms with Gasteiger partial charge in [-0.05, 0) is 42.2 Å². The third-order valence-corrected chi connectivity index (χ3v) is 2.88. The average molecular weight is 227 g/mol. The standard InChI is InChI=1S/C11H17NO2S/c1-9(3-2-5-13)12-11(14)7-10-4-6-15-8-10/h4,6,8-9,13H,2-3,5,7H2,1H3,(H,12,14). The summed E-state index contributed by atoms with van der Waals surface area (Å²) in [5.41, 5.74) is 1.06. The van der Waals surface area contributed by atoms with Crippen molar-refractivity contribution in [1.29, 1.82) is 0 Å². The van der Waals surface area contributed by atoms with Crippen LogP contribution in [0.25, 0.3) is 0 Å². The maximum absolute atomic E-state index is 11.5. The summed E-state index contributed by atoms with van der Waals surface area (Å²) in [6.45, 7) is 2.14. The zero-order valence-corrected chi connectivity index (χ0v) is 9.72. The molecule has 0 bridgehead atoms. The third-order valence-electron chi connectivity index (χ3n) is 2.15. The second-order valence-corrected chi connectivity index (χ2v) is 4.42. The minimum atomic E-state index is 0.0545. The normalized spacial score (nSPS) is 12.4. The first-order valence-corrected chi connectivity index (χ1v) is 6.08. The molecule has 1 unspecified atom stereocenters. The van der Waals surface area contributed by atoms with E-state index < -0.39 is 0 Å². The first kappa shape index (κ1) is 12.2. The number of amides is 1. The molecule has 1 rings (SSSR count). The van der Waals surface area contributed by atoms with Crippen LogP contribution < -0.4 is 5.32 Å². The highest BCUT2D eigenvalue weighted by Crippen LogP contribution is 2.06. The molecule has 1 amide bonds. The van der Waals surface area contributed by atoms with Crippen molar-refractivity contribution in [1.82, 2.24) is 5.32 Å². The van der Waals surface area contributed by atoms with Gasteiger partial charge in [0, 0.05) is 12.6 Å². The van der Waals surface area contributed by atoms with Crippen molar-refractivity contribution >= 4 is 17.2 Å². The Labute approximate surface area is 94.1 Å². The summed E-state index contributed by atoms with van der Waals surface area (Å²) in [4.78, 5) is 11.5. The van der Waals surface area contributed by atoms with Gasteiger partial charge in [0.2, 0.25) is 5.91 Å². The molecule has 0 aliphatic carbocycles. The van der Waals surface area contributed by atoms with E-state index in [9.17, 15) is 4.79 Å². The van der Waals surface area contributed by atoms with Crippen LogP contribution in [0, 0.1) is 0 Å². The number of carbonyl (C=O) groups excluding carboxylic acids is 1. The quantitative estimate of drug-likeness (QED) is 0.775. The van der Waals surface area contributed by atoms with Gasteiger partial charge in [0.05, 0.1) is 6.42 Å². The van der Waals surface area contributed by atoms with E-state index in [-0.39, 0.29) is 18.6 Å². The second-order valence-electron chi connectivity index (χ2n) is 3.64. The number of aliphatic hydroxyl groups excluding tert-OH is 1. The molecule has 15 heavy (non-hydrogen) atoms. The summed E-state index contributed by atoms with van der Waals surface area (Å²) >= 11 is 1.60. The Morgan fingerprint density at radius 3 is 3.07 bits per heavy atom. The Bertz CT molecular complexity index is 285. The molecule has 1 aromatic rings. The molecule has 1 aromatic heterocycles. The monoisotopic (exact) mass is 227 g/mol. The van der Waals surface area contributed by atoms with Crippen LogP contribution in [0.1, 0.15) is 25.3 Å². The van der Waals surface area contributed by atoms with E-state index in [2.05, 4.69) is 5.32 Å². The fraction of sp³-hybridized carbons (Fsp3) is 0.545. The Morgan fingerprint density at radius 1 is 1.67 bits per heavy atom. The van der Waals surface area contributed by atoms with Crippen LogP contribution in [0.3, 0.4) is 0 Å². The molecule has 4 heteroatoms. The number of thiophene rings is 1. The molecular weight excluding hydrogens is 210 g/mol. The largest absolute Gasteiger partial charge is 0.396 e. The van der Waals surface area contributed by atoms with Crippen molar-refractivity contribution in [2.24, 2.45) is 0 Å². The van der Waals surface area contributed by atoms with Gasteiger partial charge in [-0.2, -0.15) is 11.3 Å². The van der Waals surface area contributed by atoms with E-state index in [0.29, 0.717) is 6.42 Å². The minimum Gasteiger partial charge on any atom is -0.396 e. The predicted octanol–water partition coefficient (Wildman–Crippen LogP) is 1.57. The maximum Gasteiger partial charge on any atom is 0.224 e. The van der Waals surface area contributed by atoms with E-state index >= 15 is 0 Å². The molecular formula is C11H17NO2S. The molecule has 0 aromatic carbocycles. The van der Waals surface area contributed by atoms with Gasteiger partial charge >= 0.3 is 0 Å². The zero-order valence-electron chi connectivity index (χ0n) is 8.90. The molecule has 0 saturated carbocycles. The molecule has 0 aliphatic rings. The fourth-order valence-corrected chi connectivity index (χ4v) is 2.04. The molecule has 0 radical (unpaired) electrons. The molecule has 0 spiro atoms. The summed E-state index contributed by atoms with van der Waals surface area (Å²) in [5, 5.41) is 15.5. The van der Waals surface area contributed by atoms with Crippen molar-refractivity contribution in [2.75, 3.05) is 6.61 Å². The van der Waals surface area contributed by atoms with E-state index in [4.69, 9.17) is 5.11 Å². The van der Waals surface area contributed by atoms with Crippen molar-refractivity contribution in [3.8, 4) is 0 Å². The van der Waals surface area contributed by atoms with E-state index in [0.717, 1.165) is 18.4 Å². The first-order valence-electron chi connectivity index (χ1n) is 5.13. The van der Waals surface area contributed by atoms with Crippen LogP contribution in [-0.4, -0.2) is 23.7 Å². The van der Waals surface area contributed by atoms with Gasteiger partial charge in [-0.3, -0.25) is 4.79 Å². The van der Waals surface area contributed by atoms with Gasteiger partial charge < -0.3 is 10.4 Å². The summed E-state index contributed by atoms with van der Waals surface area (Å²) in [5.74, 6) is 0.0545. The number of aliphatic hydroxyl groups is 1. The number of rotatable bonds is 6. The van der Waals surface area contributed by atoms with E-state index in [1.54, 1.807) is 11.3 Å². The molecule has 1 heterocycles. The molecule has 0 saturated heterocycles. The molecule has 84 valence electrons. The molecule has 1 atom stereocenters. The van der Waals surface area contributed by atoms with Crippen molar-refractivity contribution in [3.63, 3.8) is 0 Å². The Kier molecular flexibility index (Phi) is 5.36. The lowest BCUT2D eigenvalue weighted by atomic mass is 10.1. The summed E-state index contributed by atoms with van der Waals surface area (Å²) in [7, 11) is 0. The highest BCUT2D eigenvalue weighted by atomic mass is 32.1. The van der Waals surface area contributed by atoms with E-state index in [1.165, 1.54) is 0 Å². The topological polar surface area (TPSA) is 49.3 Å². The van der Waals surface area contributed by atoms with Gasteiger partial charge in [0.25, 0.3) is 0 Å². The first-order chi connectivity index (χ1) is 7.22. The number of hydrogen-bond acceptors (Lipinski definition) is 3. The summed E-state index contributed by atoms with van der Waals surface area (Å²) < 4.78 is 0.